The summed E-state index contributed by atoms with van der Waals surface area (Å²) in [5, 5.41) is 4.10. The number of benzene rings is 2. The lowest BCUT2D eigenvalue weighted by atomic mass is 10.2. The third kappa shape index (κ3) is 3.11. The van der Waals surface area contributed by atoms with Gasteiger partial charge in [-0.1, -0.05) is 34.1 Å². The number of rotatable bonds is 5. The summed E-state index contributed by atoms with van der Waals surface area (Å²) >= 11 is 3.44. The van der Waals surface area contributed by atoms with E-state index in [9.17, 15) is 4.79 Å². The molecule has 0 spiro atoms. The monoisotopic (exact) mass is 413 g/mol. The van der Waals surface area contributed by atoms with Crippen LogP contribution in [0, 0.1) is 0 Å². The normalized spacial score (nSPS) is 11.3. The first-order valence-electron chi connectivity index (χ1n) is 8.09. The van der Waals surface area contributed by atoms with E-state index in [2.05, 4.69) is 31.2 Å². The molecule has 0 aliphatic heterocycles. The van der Waals surface area contributed by atoms with E-state index in [0.717, 1.165) is 21.2 Å². The van der Waals surface area contributed by atoms with Gasteiger partial charge in [-0.05, 0) is 24.3 Å². The molecule has 0 aliphatic rings. The number of aromatic amines is 1. The molecule has 0 amide bonds. The molecule has 2 heterocycles. The molecule has 26 heavy (non-hydrogen) atoms. The van der Waals surface area contributed by atoms with Crippen molar-refractivity contribution >= 4 is 38.0 Å². The molecule has 4 aromatic rings. The molecule has 0 saturated heterocycles. The molecule has 0 bridgehead atoms. The lowest BCUT2D eigenvalue weighted by Crippen LogP contribution is -2.19. The van der Waals surface area contributed by atoms with Gasteiger partial charge in [0.15, 0.2) is 0 Å². The van der Waals surface area contributed by atoms with Gasteiger partial charge in [-0.2, -0.15) is 0 Å². The zero-order valence-corrected chi connectivity index (χ0v) is 15.6. The van der Waals surface area contributed by atoms with E-state index in [4.69, 9.17) is 9.15 Å². The van der Waals surface area contributed by atoms with E-state index in [1.54, 1.807) is 7.11 Å². The number of hydrogen-bond acceptors (Lipinski definition) is 5. The molecule has 2 N–H and O–H groups in total. The first kappa shape index (κ1) is 16.8. The quantitative estimate of drug-likeness (QED) is 0.520. The molecule has 0 unspecified atom stereocenters. The fraction of sp³-hybridized carbons (Fsp3) is 0.158. The van der Waals surface area contributed by atoms with Crippen molar-refractivity contribution in [2.45, 2.75) is 13.1 Å². The van der Waals surface area contributed by atoms with Crippen molar-refractivity contribution in [3.05, 3.63) is 68.7 Å². The molecule has 0 atom stereocenters. The molecular weight excluding hydrogens is 398 g/mol. The number of para-hydroxylation sites is 1. The average molecular weight is 414 g/mol. The average Bonchev–Trinajstić information content (AvgIpc) is 3.01. The number of H-pyrrole nitrogens is 1. The third-order valence-electron chi connectivity index (χ3n) is 4.14. The van der Waals surface area contributed by atoms with Crippen molar-refractivity contribution < 1.29 is 9.15 Å². The van der Waals surface area contributed by atoms with E-state index in [1.807, 2.05) is 42.5 Å². The first-order chi connectivity index (χ1) is 12.7. The molecule has 4 rings (SSSR count). The second kappa shape index (κ2) is 6.93. The van der Waals surface area contributed by atoms with Crippen LogP contribution in [-0.2, 0) is 13.1 Å². The van der Waals surface area contributed by atoms with Gasteiger partial charge >= 0.3 is 0 Å². The Morgan fingerprint density at radius 1 is 1.23 bits per heavy atom. The number of hydrogen-bond donors (Lipinski definition) is 2. The highest BCUT2D eigenvalue weighted by Gasteiger charge is 2.13. The van der Waals surface area contributed by atoms with Gasteiger partial charge in [0.2, 0.25) is 5.58 Å². The van der Waals surface area contributed by atoms with Gasteiger partial charge in [-0.3, -0.25) is 4.79 Å². The van der Waals surface area contributed by atoms with Crippen molar-refractivity contribution in [1.29, 1.82) is 0 Å². The molecule has 0 fully saturated rings. The van der Waals surface area contributed by atoms with Crippen molar-refractivity contribution in [3.8, 4) is 5.75 Å². The Kier molecular flexibility index (Phi) is 4.48. The van der Waals surface area contributed by atoms with Gasteiger partial charge in [-0.15, -0.1) is 0 Å². The Morgan fingerprint density at radius 2 is 2.08 bits per heavy atom. The van der Waals surface area contributed by atoms with Gasteiger partial charge in [-0.25, -0.2) is 4.98 Å². The highest BCUT2D eigenvalue weighted by Crippen LogP contribution is 2.27. The number of furan rings is 1. The number of ether oxygens (including phenoxy) is 1. The standard InChI is InChI=1S/C19H16BrN3O3/c1-25-14-5-3-2-4-11(14)9-21-10-16-22-17-13-8-12(20)6-7-15(13)26-18(17)19(24)23-16/h2-8,21H,9-10H2,1H3,(H,22,23,24). The van der Waals surface area contributed by atoms with E-state index in [0.29, 0.717) is 30.0 Å². The summed E-state index contributed by atoms with van der Waals surface area (Å²) < 4.78 is 11.9. The van der Waals surface area contributed by atoms with Crippen LogP contribution in [0.3, 0.4) is 0 Å². The number of aromatic nitrogens is 2. The molecule has 0 radical (unpaired) electrons. The van der Waals surface area contributed by atoms with Gasteiger partial charge in [0.05, 0.1) is 13.7 Å². The van der Waals surface area contributed by atoms with Crippen LogP contribution < -0.4 is 15.6 Å². The summed E-state index contributed by atoms with van der Waals surface area (Å²) in [5.74, 6) is 1.38. The summed E-state index contributed by atoms with van der Waals surface area (Å²) in [6.07, 6.45) is 0. The van der Waals surface area contributed by atoms with Crippen LogP contribution in [0.1, 0.15) is 11.4 Å². The minimum absolute atomic E-state index is 0.242. The SMILES string of the molecule is COc1ccccc1CNCc1nc2c(oc3ccc(Br)cc32)c(=O)[nH]1. The van der Waals surface area contributed by atoms with Crippen LogP contribution in [0.15, 0.2) is 56.1 Å². The largest absolute Gasteiger partial charge is 0.496 e. The van der Waals surface area contributed by atoms with Crippen LogP contribution in [-0.4, -0.2) is 17.1 Å². The first-order valence-corrected chi connectivity index (χ1v) is 8.88. The highest BCUT2D eigenvalue weighted by atomic mass is 79.9. The Balaban J connectivity index is 1.62. The summed E-state index contributed by atoms with van der Waals surface area (Å²) in [5.41, 5.74) is 2.21. The lowest BCUT2D eigenvalue weighted by molar-refractivity contribution is 0.407. The Morgan fingerprint density at radius 3 is 2.92 bits per heavy atom. The Hall–Kier alpha value is -2.64. The van der Waals surface area contributed by atoms with Crippen LogP contribution in [0.4, 0.5) is 0 Å². The third-order valence-corrected chi connectivity index (χ3v) is 4.63. The number of halogens is 1. The zero-order chi connectivity index (χ0) is 18.1. The summed E-state index contributed by atoms with van der Waals surface area (Å²) in [6.45, 7) is 1.02. The molecular formula is C19H16BrN3O3. The fourth-order valence-corrected chi connectivity index (χ4v) is 3.28. The van der Waals surface area contributed by atoms with E-state index >= 15 is 0 Å². The van der Waals surface area contributed by atoms with Crippen molar-refractivity contribution in [3.63, 3.8) is 0 Å². The number of nitrogens with zero attached hydrogens (tertiary/aromatic N) is 1. The highest BCUT2D eigenvalue weighted by molar-refractivity contribution is 9.10. The Bertz CT molecular complexity index is 1150. The van der Waals surface area contributed by atoms with E-state index in [-0.39, 0.29) is 11.1 Å². The van der Waals surface area contributed by atoms with Gasteiger partial charge in [0, 0.05) is 22.0 Å². The van der Waals surface area contributed by atoms with Crippen LogP contribution in [0.25, 0.3) is 22.1 Å². The summed E-state index contributed by atoms with van der Waals surface area (Å²) in [4.78, 5) is 19.7. The van der Waals surface area contributed by atoms with E-state index < -0.39 is 0 Å². The molecule has 0 aliphatic carbocycles. The van der Waals surface area contributed by atoms with Crippen LogP contribution in [0.2, 0.25) is 0 Å². The Labute approximate surface area is 157 Å². The second-order valence-corrected chi connectivity index (χ2v) is 6.76. The minimum Gasteiger partial charge on any atom is -0.496 e. The van der Waals surface area contributed by atoms with Gasteiger partial charge < -0.3 is 19.5 Å². The summed E-state index contributed by atoms with van der Waals surface area (Å²) in [7, 11) is 1.65. The molecule has 132 valence electrons. The smallest absolute Gasteiger partial charge is 0.294 e. The zero-order valence-electron chi connectivity index (χ0n) is 14.0. The predicted octanol–water partition coefficient (Wildman–Crippen LogP) is 3.73. The molecule has 7 heteroatoms. The van der Waals surface area contributed by atoms with Crippen molar-refractivity contribution in [1.82, 2.24) is 15.3 Å². The molecule has 2 aromatic heterocycles. The summed E-state index contributed by atoms with van der Waals surface area (Å²) in [6, 6.07) is 13.4. The predicted molar refractivity (Wildman–Crippen MR) is 103 cm³/mol. The van der Waals surface area contributed by atoms with Crippen molar-refractivity contribution in [2.24, 2.45) is 0 Å². The number of fused-ring (bicyclic) bond motifs is 3. The minimum atomic E-state index is -0.281. The molecule has 0 saturated carbocycles. The van der Waals surface area contributed by atoms with E-state index in [1.165, 1.54) is 0 Å². The topological polar surface area (TPSA) is 80.2 Å². The van der Waals surface area contributed by atoms with Crippen LogP contribution >= 0.6 is 15.9 Å². The maximum atomic E-state index is 12.3. The second-order valence-electron chi connectivity index (χ2n) is 5.85. The van der Waals surface area contributed by atoms with Gasteiger partial charge in [0.25, 0.3) is 5.56 Å². The fourth-order valence-electron chi connectivity index (χ4n) is 2.92. The van der Waals surface area contributed by atoms with Gasteiger partial charge in [0.1, 0.15) is 22.7 Å². The molecule has 2 aromatic carbocycles. The number of nitrogens with one attached hydrogen (secondary N) is 2. The van der Waals surface area contributed by atoms with Crippen LogP contribution in [0.5, 0.6) is 5.75 Å². The van der Waals surface area contributed by atoms with Crippen molar-refractivity contribution in [2.75, 3.05) is 7.11 Å². The maximum absolute atomic E-state index is 12.3. The lowest BCUT2D eigenvalue weighted by Gasteiger charge is -2.09. The molecule has 6 nitrogen and oxygen atoms in total. The number of methoxy groups -OCH3 is 1. The maximum Gasteiger partial charge on any atom is 0.294 e.